The van der Waals surface area contributed by atoms with Crippen LogP contribution in [0.2, 0.25) is 0 Å². The summed E-state index contributed by atoms with van der Waals surface area (Å²) >= 11 is 3.35. The van der Waals surface area contributed by atoms with E-state index in [9.17, 15) is 9.18 Å². The smallest absolute Gasteiger partial charge is 0.407 e. The first kappa shape index (κ1) is 14.3. The van der Waals surface area contributed by atoms with Crippen LogP contribution in [0.5, 0.6) is 0 Å². The third kappa shape index (κ3) is 3.69. The van der Waals surface area contributed by atoms with Gasteiger partial charge < -0.3 is 10.1 Å². The molecule has 2 rings (SSSR count). The summed E-state index contributed by atoms with van der Waals surface area (Å²) < 4.78 is 19.7. The summed E-state index contributed by atoms with van der Waals surface area (Å²) in [5.41, 5.74) is 0.108. The van der Waals surface area contributed by atoms with Crippen LogP contribution in [-0.2, 0) is 4.74 Å². The number of halogens is 2. The molecular weight excluding hydrogens is 313 g/mol. The van der Waals surface area contributed by atoms with E-state index in [1.54, 1.807) is 12.1 Å². The van der Waals surface area contributed by atoms with Crippen LogP contribution < -0.4 is 5.32 Å². The molecule has 1 saturated carbocycles. The largest absolute Gasteiger partial charge is 0.444 e. The maximum absolute atomic E-state index is 13.7. The predicted octanol–water partition coefficient (Wildman–Crippen LogP) is 3.97. The topological polar surface area (TPSA) is 38.3 Å². The van der Waals surface area contributed by atoms with E-state index >= 15 is 0 Å². The molecule has 3 nitrogen and oxygen atoms in total. The quantitative estimate of drug-likeness (QED) is 0.891. The van der Waals surface area contributed by atoms with Gasteiger partial charge in [-0.25, -0.2) is 9.18 Å². The van der Waals surface area contributed by atoms with Crippen LogP contribution >= 0.6 is 15.9 Å². The first-order valence-electron chi connectivity index (χ1n) is 6.21. The lowest BCUT2D eigenvalue weighted by Crippen LogP contribution is -2.34. The summed E-state index contributed by atoms with van der Waals surface area (Å²) in [5, 5.41) is 2.76. The molecule has 0 radical (unpaired) electrons. The summed E-state index contributed by atoms with van der Waals surface area (Å²) in [5.74, 6) is -0.226. The van der Waals surface area contributed by atoms with Gasteiger partial charge in [0.15, 0.2) is 0 Å². The number of amides is 1. The van der Waals surface area contributed by atoms with Crippen LogP contribution in [0.25, 0.3) is 0 Å². The molecule has 0 spiro atoms. The van der Waals surface area contributed by atoms with E-state index < -0.39 is 11.7 Å². The molecule has 1 amide bonds. The Morgan fingerprint density at radius 1 is 1.47 bits per heavy atom. The molecule has 0 aliphatic heterocycles. The predicted molar refractivity (Wildman–Crippen MR) is 74.6 cm³/mol. The van der Waals surface area contributed by atoms with E-state index in [1.165, 1.54) is 6.07 Å². The van der Waals surface area contributed by atoms with Gasteiger partial charge in [0.1, 0.15) is 11.4 Å². The van der Waals surface area contributed by atoms with Crippen molar-refractivity contribution in [3.63, 3.8) is 0 Å². The van der Waals surface area contributed by atoms with Gasteiger partial charge >= 0.3 is 6.09 Å². The highest BCUT2D eigenvalue weighted by atomic mass is 79.9. The number of hydrogen-bond acceptors (Lipinski definition) is 2. The molecular formula is C14H17BrFNO2. The number of hydrogen-bond donors (Lipinski definition) is 1. The van der Waals surface area contributed by atoms with Gasteiger partial charge in [-0.05, 0) is 39.3 Å². The van der Waals surface area contributed by atoms with Gasteiger partial charge in [-0.2, -0.15) is 0 Å². The molecule has 0 unspecified atom stereocenters. The zero-order valence-corrected chi connectivity index (χ0v) is 12.8. The van der Waals surface area contributed by atoms with Crippen LogP contribution in [0.15, 0.2) is 22.7 Å². The van der Waals surface area contributed by atoms with Crippen LogP contribution in [0.3, 0.4) is 0 Å². The maximum atomic E-state index is 13.7. The van der Waals surface area contributed by atoms with Crippen LogP contribution in [-0.4, -0.2) is 17.7 Å². The van der Waals surface area contributed by atoms with Crippen molar-refractivity contribution in [1.29, 1.82) is 0 Å². The fourth-order valence-electron chi connectivity index (χ4n) is 2.00. The van der Waals surface area contributed by atoms with E-state index in [0.29, 0.717) is 5.56 Å². The fraction of sp³-hybridized carbons (Fsp3) is 0.500. The van der Waals surface area contributed by atoms with Gasteiger partial charge in [0.25, 0.3) is 0 Å². The Kier molecular flexibility index (Phi) is 3.85. The number of carbonyl (C=O) groups excluding carboxylic acids is 1. The lowest BCUT2D eigenvalue weighted by molar-refractivity contribution is 0.0522. The number of benzene rings is 1. The molecule has 1 aromatic rings. The minimum Gasteiger partial charge on any atom is -0.444 e. The number of rotatable bonds is 2. The molecule has 0 aromatic heterocycles. The Balaban J connectivity index is 1.97. The lowest BCUT2D eigenvalue weighted by atomic mass is 10.1. The van der Waals surface area contributed by atoms with Crippen molar-refractivity contribution in [1.82, 2.24) is 5.32 Å². The second kappa shape index (κ2) is 5.12. The van der Waals surface area contributed by atoms with Gasteiger partial charge in [0.05, 0.1) is 0 Å². The normalized spacial score (nSPS) is 21.9. The summed E-state index contributed by atoms with van der Waals surface area (Å²) in [4.78, 5) is 11.6. The second-order valence-electron chi connectivity index (χ2n) is 5.73. The van der Waals surface area contributed by atoms with E-state index in [-0.39, 0.29) is 17.8 Å². The van der Waals surface area contributed by atoms with Crippen molar-refractivity contribution in [2.75, 3.05) is 0 Å². The maximum Gasteiger partial charge on any atom is 0.407 e. The highest BCUT2D eigenvalue weighted by Crippen LogP contribution is 2.45. The number of ether oxygens (including phenoxy) is 1. The van der Waals surface area contributed by atoms with Gasteiger partial charge in [-0.1, -0.05) is 22.0 Å². The summed E-state index contributed by atoms with van der Waals surface area (Å²) in [6, 6.07) is 4.84. The molecule has 5 heteroatoms. The Morgan fingerprint density at radius 3 is 2.74 bits per heavy atom. The van der Waals surface area contributed by atoms with Crippen molar-refractivity contribution in [2.24, 2.45) is 0 Å². The summed E-state index contributed by atoms with van der Waals surface area (Å²) in [7, 11) is 0. The van der Waals surface area contributed by atoms with Gasteiger partial charge in [-0.3, -0.25) is 0 Å². The van der Waals surface area contributed by atoms with Crippen LogP contribution in [0.1, 0.15) is 38.7 Å². The highest BCUT2D eigenvalue weighted by molar-refractivity contribution is 9.10. The standard InChI is InChI=1S/C14H17BrFNO2/c1-14(2,3)19-13(18)17-11-7-8(11)12-9(15)5-4-6-10(12)16/h4-6,8,11H,7H2,1-3H3,(H,17,18)/t8-,11-/m1/s1. The lowest BCUT2D eigenvalue weighted by Gasteiger charge is -2.19. The first-order chi connectivity index (χ1) is 8.78. The van der Waals surface area contributed by atoms with Crippen LogP contribution in [0.4, 0.5) is 9.18 Å². The molecule has 0 saturated heterocycles. The molecule has 1 aliphatic carbocycles. The van der Waals surface area contributed by atoms with Crippen molar-refractivity contribution >= 4 is 22.0 Å². The minimum absolute atomic E-state index is 0.0168. The molecule has 0 bridgehead atoms. The third-order valence-corrected chi connectivity index (χ3v) is 3.55. The number of carbonyl (C=O) groups is 1. The van der Waals surface area contributed by atoms with Crippen molar-refractivity contribution in [3.05, 3.63) is 34.1 Å². The highest BCUT2D eigenvalue weighted by Gasteiger charge is 2.42. The average Bonchev–Trinajstić information content (AvgIpc) is 2.93. The third-order valence-electron chi connectivity index (χ3n) is 2.86. The number of alkyl carbamates (subject to hydrolysis) is 1. The molecule has 19 heavy (non-hydrogen) atoms. The van der Waals surface area contributed by atoms with E-state index in [2.05, 4.69) is 21.2 Å². The monoisotopic (exact) mass is 329 g/mol. The zero-order chi connectivity index (χ0) is 14.2. The number of nitrogens with one attached hydrogen (secondary N) is 1. The van der Waals surface area contributed by atoms with Gasteiger partial charge in [0.2, 0.25) is 0 Å². The van der Waals surface area contributed by atoms with Gasteiger partial charge in [-0.15, -0.1) is 0 Å². The van der Waals surface area contributed by atoms with Crippen LogP contribution in [0, 0.1) is 5.82 Å². The van der Waals surface area contributed by atoms with E-state index in [4.69, 9.17) is 4.74 Å². The summed E-state index contributed by atoms with van der Waals surface area (Å²) in [6.45, 7) is 5.43. The van der Waals surface area contributed by atoms with Crippen molar-refractivity contribution in [2.45, 2.75) is 44.8 Å². The Morgan fingerprint density at radius 2 is 2.16 bits per heavy atom. The first-order valence-corrected chi connectivity index (χ1v) is 7.00. The molecule has 1 aromatic carbocycles. The molecule has 104 valence electrons. The Hall–Kier alpha value is -1.10. The minimum atomic E-state index is -0.521. The molecule has 0 heterocycles. The second-order valence-corrected chi connectivity index (χ2v) is 6.58. The molecule has 1 fully saturated rings. The van der Waals surface area contributed by atoms with Gasteiger partial charge in [0, 0.05) is 22.0 Å². The van der Waals surface area contributed by atoms with E-state index in [0.717, 1.165) is 10.9 Å². The fourth-order valence-corrected chi connectivity index (χ4v) is 2.63. The average molecular weight is 330 g/mol. The zero-order valence-electron chi connectivity index (χ0n) is 11.2. The van der Waals surface area contributed by atoms with Crippen molar-refractivity contribution < 1.29 is 13.9 Å². The summed E-state index contributed by atoms with van der Waals surface area (Å²) in [6.07, 6.45) is 0.283. The molecule has 1 N–H and O–H groups in total. The molecule has 1 aliphatic rings. The Labute approximate surface area is 120 Å². The molecule has 2 atom stereocenters. The van der Waals surface area contributed by atoms with E-state index in [1.807, 2.05) is 20.8 Å². The van der Waals surface area contributed by atoms with Crippen molar-refractivity contribution in [3.8, 4) is 0 Å². The SMILES string of the molecule is CC(C)(C)OC(=O)N[C@@H]1C[C@H]1c1c(F)cccc1Br. The Bertz CT molecular complexity index is 478.